The second kappa shape index (κ2) is 9.93. The van der Waals surface area contributed by atoms with Crippen LogP contribution in [0.1, 0.15) is 39.5 Å². The molecule has 1 aromatic carbocycles. The minimum absolute atomic E-state index is 0.144. The molecule has 0 N–H and O–H groups in total. The maximum atomic E-state index is 13.0. The number of anilines is 1. The minimum atomic E-state index is 0.144. The van der Waals surface area contributed by atoms with Gasteiger partial charge in [-0.2, -0.15) is 4.68 Å². The third-order valence-electron chi connectivity index (χ3n) is 6.03. The van der Waals surface area contributed by atoms with E-state index in [9.17, 15) is 4.79 Å². The zero-order chi connectivity index (χ0) is 22.5. The smallest absolute Gasteiger partial charge is 0.225 e. The van der Waals surface area contributed by atoms with E-state index in [1.54, 1.807) is 18.1 Å². The van der Waals surface area contributed by atoms with Crippen molar-refractivity contribution >= 4 is 22.9 Å². The Balaban J connectivity index is 1.52. The van der Waals surface area contributed by atoms with Crippen molar-refractivity contribution in [3.63, 3.8) is 0 Å². The highest BCUT2D eigenvalue weighted by atomic mass is 16.5. The maximum Gasteiger partial charge on any atom is 0.225 e. The van der Waals surface area contributed by atoms with Gasteiger partial charge in [-0.25, -0.2) is 9.97 Å². The van der Waals surface area contributed by atoms with E-state index in [0.717, 1.165) is 56.0 Å². The van der Waals surface area contributed by atoms with Crippen LogP contribution >= 0.6 is 0 Å². The number of hydrogen-bond donors (Lipinski definition) is 0. The van der Waals surface area contributed by atoms with Gasteiger partial charge in [0.2, 0.25) is 5.91 Å². The number of fused-ring (bicyclic) bond motifs is 1. The van der Waals surface area contributed by atoms with Crippen molar-refractivity contribution in [1.82, 2.24) is 29.9 Å². The van der Waals surface area contributed by atoms with Crippen molar-refractivity contribution < 1.29 is 9.53 Å². The molecule has 4 rings (SSSR count). The molecule has 170 valence electrons. The summed E-state index contributed by atoms with van der Waals surface area (Å²) >= 11 is 0. The van der Waals surface area contributed by atoms with Crippen molar-refractivity contribution in [2.45, 2.75) is 39.5 Å². The van der Waals surface area contributed by atoms with Crippen molar-refractivity contribution in [1.29, 1.82) is 0 Å². The predicted molar refractivity (Wildman–Crippen MR) is 123 cm³/mol. The van der Waals surface area contributed by atoms with Gasteiger partial charge < -0.3 is 14.5 Å². The molecule has 0 aliphatic carbocycles. The topological polar surface area (TPSA) is 89.3 Å². The number of nitrogens with zero attached hydrogens (tertiary/aromatic N) is 7. The predicted octanol–water partition coefficient (Wildman–Crippen LogP) is 3.08. The summed E-state index contributed by atoms with van der Waals surface area (Å²) < 4.78 is 7.02. The molecule has 9 nitrogen and oxygen atoms in total. The molecule has 0 atom stereocenters. The van der Waals surface area contributed by atoms with Crippen molar-refractivity contribution in [2.24, 2.45) is 5.92 Å². The summed E-state index contributed by atoms with van der Waals surface area (Å²) in [4.78, 5) is 26.1. The summed E-state index contributed by atoms with van der Waals surface area (Å²) in [7, 11) is 1.63. The number of benzene rings is 1. The number of carbonyl (C=O) groups is 1. The van der Waals surface area contributed by atoms with Crippen molar-refractivity contribution in [2.75, 3.05) is 38.2 Å². The summed E-state index contributed by atoms with van der Waals surface area (Å²) in [6.45, 7) is 7.11. The highest BCUT2D eigenvalue weighted by Gasteiger charge is 2.28. The monoisotopic (exact) mass is 437 g/mol. The number of hydrogen-bond acceptors (Lipinski definition) is 7. The lowest BCUT2D eigenvalue weighted by Crippen LogP contribution is -2.50. The number of aromatic nitrogens is 5. The molecule has 0 unspecified atom stereocenters. The van der Waals surface area contributed by atoms with E-state index in [2.05, 4.69) is 39.0 Å². The Hall–Kier alpha value is -3.23. The largest absolute Gasteiger partial charge is 0.497 e. The lowest BCUT2D eigenvalue weighted by Gasteiger charge is -2.37. The Labute approximate surface area is 188 Å². The van der Waals surface area contributed by atoms with Crippen LogP contribution in [0, 0.1) is 5.92 Å². The summed E-state index contributed by atoms with van der Waals surface area (Å²) in [5, 5.41) is 8.70. The summed E-state index contributed by atoms with van der Waals surface area (Å²) in [5.74, 6) is 1.94. The maximum absolute atomic E-state index is 13.0. The lowest BCUT2D eigenvalue weighted by atomic mass is 9.96. The first-order chi connectivity index (χ1) is 15.7. The Kier molecular flexibility index (Phi) is 6.82. The second-order valence-corrected chi connectivity index (χ2v) is 8.16. The Bertz CT molecular complexity index is 1050. The first-order valence-corrected chi connectivity index (χ1v) is 11.4. The van der Waals surface area contributed by atoms with Crippen molar-refractivity contribution in [3.8, 4) is 11.4 Å². The van der Waals surface area contributed by atoms with E-state index in [0.29, 0.717) is 30.2 Å². The summed E-state index contributed by atoms with van der Waals surface area (Å²) in [6.07, 6.45) is 5.56. The highest BCUT2D eigenvalue weighted by molar-refractivity contribution is 5.84. The fourth-order valence-corrected chi connectivity index (χ4v) is 4.37. The molecule has 0 bridgehead atoms. The molecule has 9 heteroatoms. The van der Waals surface area contributed by atoms with Gasteiger partial charge in [0.15, 0.2) is 17.0 Å². The van der Waals surface area contributed by atoms with Gasteiger partial charge in [0.1, 0.15) is 12.1 Å². The molecule has 1 aliphatic rings. The summed E-state index contributed by atoms with van der Waals surface area (Å²) in [6, 6.07) is 7.62. The first kappa shape index (κ1) is 22.0. The molecule has 1 aliphatic heterocycles. The number of ether oxygens (including phenoxy) is 1. The average molecular weight is 438 g/mol. The second-order valence-electron chi connectivity index (χ2n) is 8.16. The number of carbonyl (C=O) groups excluding carboxylic acids is 1. The van der Waals surface area contributed by atoms with E-state index >= 15 is 0 Å². The quantitative estimate of drug-likeness (QED) is 0.535. The van der Waals surface area contributed by atoms with Crippen molar-refractivity contribution in [3.05, 3.63) is 30.6 Å². The van der Waals surface area contributed by atoms with Crippen LogP contribution in [0.3, 0.4) is 0 Å². The van der Waals surface area contributed by atoms with E-state index in [1.807, 2.05) is 29.2 Å². The zero-order valence-corrected chi connectivity index (χ0v) is 19.1. The van der Waals surface area contributed by atoms with Crippen LogP contribution in [0.2, 0.25) is 0 Å². The highest BCUT2D eigenvalue weighted by Crippen LogP contribution is 2.25. The molecule has 2 aromatic heterocycles. The SMILES string of the molecule is CCCC(CCC)C(=O)N1CCN(c2ncnc3c2nnn3-c2cccc(OC)c2)CC1. The third-order valence-corrected chi connectivity index (χ3v) is 6.03. The number of piperazine rings is 1. The normalized spacial score (nSPS) is 14.4. The van der Waals surface area contributed by atoms with E-state index in [-0.39, 0.29) is 5.92 Å². The molecule has 0 spiro atoms. The van der Waals surface area contributed by atoms with E-state index in [1.165, 1.54) is 0 Å². The van der Waals surface area contributed by atoms with Gasteiger partial charge in [0, 0.05) is 38.2 Å². The van der Waals surface area contributed by atoms with Crippen LogP contribution in [0.25, 0.3) is 16.9 Å². The molecule has 0 radical (unpaired) electrons. The number of rotatable bonds is 8. The van der Waals surface area contributed by atoms with Gasteiger partial charge in [0.05, 0.1) is 12.8 Å². The van der Waals surface area contributed by atoms with Crippen LogP contribution < -0.4 is 9.64 Å². The lowest BCUT2D eigenvalue weighted by molar-refractivity contribution is -0.136. The Morgan fingerprint density at radius 3 is 2.53 bits per heavy atom. The van der Waals surface area contributed by atoms with Crippen LogP contribution in [0.15, 0.2) is 30.6 Å². The van der Waals surface area contributed by atoms with E-state index in [4.69, 9.17) is 4.74 Å². The molecule has 1 amide bonds. The molecular formula is C23H31N7O2. The first-order valence-electron chi connectivity index (χ1n) is 11.4. The Morgan fingerprint density at radius 1 is 1.09 bits per heavy atom. The molecule has 1 fully saturated rings. The standard InChI is InChI=1S/C23H31N7O2/c1-4-7-17(8-5-2)23(31)29-13-11-28(12-14-29)21-20-22(25-16-24-21)30(27-26-20)18-9-6-10-19(15-18)32-3/h6,9-10,15-17H,4-5,7-8,11-14H2,1-3H3. The number of methoxy groups -OCH3 is 1. The molecule has 1 saturated heterocycles. The average Bonchev–Trinajstić information content (AvgIpc) is 3.28. The fraction of sp³-hybridized carbons (Fsp3) is 0.522. The van der Waals surface area contributed by atoms with E-state index < -0.39 is 0 Å². The van der Waals surface area contributed by atoms with Gasteiger partial charge >= 0.3 is 0 Å². The van der Waals surface area contributed by atoms with Gasteiger partial charge in [-0.05, 0) is 25.0 Å². The summed E-state index contributed by atoms with van der Waals surface area (Å²) in [5.41, 5.74) is 2.13. The fourth-order valence-electron chi connectivity index (χ4n) is 4.37. The van der Waals surface area contributed by atoms with Crippen LogP contribution in [0.5, 0.6) is 5.75 Å². The van der Waals surface area contributed by atoms with Gasteiger partial charge in [-0.15, -0.1) is 5.10 Å². The third kappa shape index (κ3) is 4.37. The van der Waals surface area contributed by atoms with Crippen LogP contribution in [-0.4, -0.2) is 69.1 Å². The molecule has 3 heterocycles. The molecule has 3 aromatic rings. The zero-order valence-electron chi connectivity index (χ0n) is 19.1. The van der Waals surface area contributed by atoms with Gasteiger partial charge in [-0.1, -0.05) is 38.0 Å². The van der Waals surface area contributed by atoms with Gasteiger partial charge in [-0.3, -0.25) is 4.79 Å². The number of amides is 1. The van der Waals surface area contributed by atoms with Crippen LogP contribution in [0.4, 0.5) is 5.82 Å². The molecule has 0 saturated carbocycles. The van der Waals surface area contributed by atoms with Crippen LogP contribution in [-0.2, 0) is 4.79 Å². The Morgan fingerprint density at radius 2 is 1.84 bits per heavy atom. The molecular weight excluding hydrogens is 406 g/mol. The van der Waals surface area contributed by atoms with Gasteiger partial charge in [0.25, 0.3) is 0 Å². The molecule has 32 heavy (non-hydrogen) atoms. The minimum Gasteiger partial charge on any atom is -0.497 e.